The van der Waals surface area contributed by atoms with E-state index in [2.05, 4.69) is 53.3 Å². The Morgan fingerprint density at radius 3 is 2.05 bits per heavy atom. The van der Waals surface area contributed by atoms with Crippen LogP contribution in [0, 0.1) is 5.92 Å². The van der Waals surface area contributed by atoms with E-state index in [0.717, 1.165) is 6.42 Å². The van der Waals surface area contributed by atoms with Gasteiger partial charge < -0.3 is 4.74 Å². The summed E-state index contributed by atoms with van der Waals surface area (Å²) in [7, 11) is 1.40. The summed E-state index contributed by atoms with van der Waals surface area (Å²) in [5.41, 5.74) is 2.60. The van der Waals surface area contributed by atoms with Gasteiger partial charge in [-0.25, -0.2) is 4.79 Å². The minimum absolute atomic E-state index is 0.00690. The molecular weight excluding hydrogens is 260 g/mol. The molecule has 0 bridgehead atoms. The maximum atomic E-state index is 11.3. The van der Waals surface area contributed by atoms with Crippen molar-refractivity contribution in [1.29, 1.82) is 0 Å². The number of benzene rings is 2. The van der Waals surface area contributed by atoms with E-state index in [4.69, 9.17) is 0 Å². The van der Waals surface area contributed by atoms with Crippen molar-refractivity contribution in [1.82, 2.24) is 0 Å². The topological polar surface area (TPSA) is 26.3 Å². The van der Waals surface area contributed by atoms with Gasteiger partial charge in [-0.2, -0.15) is 0 Å². The molecule has 1 atom stereocenters. The third kappa shape index (κ3) is 2.49. The van der Waals surface area contributed by atoms with E-state index >= 15 is 0 Å². The molecule has 0 N–H and O–H groups in total. The fourth-order valence-corrected chi connectivity index (χ4v) is 3.08. The van der Waals surface area contributed by atoms with E-state index < -0.39 is 0 Å². The second kappa shape index (κ2) is 5.57. The van der Waals surface area contributed by atoms with Gasteiger partial charge in [0.2, 0.25) is 0 Å². The summed E-state index contributed by atoms with van der Waals surface area (Å²) in [4.78, 5) is 11.3. The molecule has 0 radical (unpaired) electrons. The predicted octanol–water partition coefficient (Wildman–Crippen LogP) is 3.72. The van der Waals surface area contributed by atoms with Crippen LogP contribution >= 0.6 is 0 Å². The Morgan fingerprint density at radius 2 is 1.57 bits per heavy atom. The molecule has 1 fully saturated rings. The van der Waals surface area contributed by atoms with Crippen LogP contribution in [-0.4, -0.2) is 13.1 Å². The Kier molecular flexibility index (Phi) is 3.61. The second-order valence-corrected chi connectivity index (χ2v) is 5.40. The fourth-order valence-electron chi connectivity index (χ4n) is 3.08. The molecule has 21 heavy (non-hydrogen) atoms. The summed E-state index contributed by atoms with van der Waals surface area (Å²) in [5.74, 6) is 0.0401. The second-order valence-electron chi connectivity index (χ2n) is 5.40. The van der Waals surface area contributed by atoms with Gasteiger partial charge in [0.15, 0.2) is 0 Å². The van der Waals surface area contributed by atoms with Crippen LogP contribution in [0.5, 0.6) is 0 Å². The molecule has 2 aromatic rings. The Balaban J connectivity index is 1.96. The predicted molar refractivity (Wildman–Crippen MR) is 82.9 cm³/mol. The fraction of sp³-hybridized carbons (Fsp3) is 0.211. The van der Waals surface area contributed by atoms with Crippen LogP contribution in [0.4, 0.5) is 0 Å². The standard InChI is InChI=1S/C19H18O2/c1-21-18(20)13-12-17-14-19(17,15-8-4-2-5-9-15)16-10-6-3-7-11-16/h2-13,17H,14H2,1H3/b13-12+. The molecule has 2 nitrogen and oxygen atoms in total. The molecule has 0 saturated heterocycles. The number of hydrogen-bond donors (Lipinski definition) is 0. The number of carbonyl (C=O) groups excluding carboxylic acids is 1. The number of ether oxygens (including phenoxy) is 1. The number of rotatable bonds is 4. The highest BCUT2D eigenvalue weighted by Crippen LogP contribution is 2.59. The van der Waals surface area contributed by atoms with Gasteiger partial charge >= 0.3 is 5.97 Å². The van der Waals surface area contributed by atoms with E-state index in [1.807, 2.05) is 18.2 Å². The molecule has 1 saturated carbocycles. The van der Waals surface area contributed by atoms with Gasteiger partial charge in [-0.1, -0.05) is 66.7 Å². The molecule has 106 valence electrons. The summed E-state index contributed by atoms with van der Waals surface area (Å²) in [6, 6.07) is 21.0. The van der Waals surface area contributed by atoms with Gasteiger partial charge in [-0.3, -0.25) is 0 Å². The molecule has 1 aliphatic rings. The van der Waals surface area contributed by atoms with Crippen LogP contribution in [0.25, 0.3) is 0 Å². The van der Waals surface area contributed by atoms with Gasteiger partial charge in [-0.05, 0) is 23.5 Å². The summed E-state index contributed by atoms with van der Waals surface area (Å²) >= 11 is 0. The first-order valence-corrected chi connectivity index (χ1v) is 7.14. The maximum Gasteiger partial charge on any atom is 0.330 e. The van der Waals surface area contributed by atoms with E-state index in [-0.39, 0.29) is 11.4 Å². The lowest BCUT2D eigenvalue weighted by Gasteiger charge is -2.18. The molecule has 2 aromatic carbocycles. The summed E-state index contributed by atoms with van der Waals surface area (Å²) in [5, 5.41) is 0. The average Bonchev–Trinajstić information content (AvgIpc) is 3.30. The highest BCUT2D eigenvalue weighted by molar-refractivity contribution is 5.82. The zero-order valence-electron chi connectivity index (χ0n) is 12.0. The van der Waals surface area contributed by atoms with Gasteiger partial charge in [0, 0.05) is 11.5 Å². The monoisotopic (exact) mass is 278 g/mol. The first-order chi connectivity index (χ1) is 10.3. The molecule has 0 heterocycles. The summed E-state index contributed by atoms with van der Waals surface area (Å²) in [6.45, 7) is 0. The zero-order valence-corrected chi connectivity index (χ0v) is 12.0. The molecule has 0 spiro atoms. The van der Waals surface area contributed by atoms with Gasteiger partial charge in [0.1, 0.15) is 0 Å². The average molecular weight is 278 g/mol. The Bertz CT molecular complexity index is 604. The van der Waals surface area contributed by atoms with E-state index in [1.54, 1.807) is 0 Å². The van der Waals surface area contributed by atoms with Crippen molar-refractivity contribution >= 4 is 5.97 Å². The Hall–Kier alpha value is -2.35. The van der Waals surface area contributed by atoms with Crippen molar-refractivity contribution in [2.24, 2.45) is 5.92 Å². The Morgan fingerprint density at radius 1 is 1.05 bits per heavy atom. The van der Waals surface area contributed by atoms with Crippen molar-refractivity contribution in [2.75, 3.05) is 7.11 Å². The molecule has 2 heteroatoms. The first-order valence-electron chi connectivity index (χ1n) is 7.14. The first kappa shape index (κ1) is 13.6. The summed E-state index contributed by atoms with van der Waals surface area (Å²) < 4.78 is 4.68. The number of carbonyl (C=O) groups is 1. The van der Waals surface area contributed by atoms with E-state index in [9.17, 15) is 4.79 Å². The number of hydrogen-bond acceptors (Lipinski definition) is 2. The smallest absolute Gasteiger partial charge is 0.330 e. The van der Waals surface area contributed by atoms with Gasteiger partial charge in [-0.15, -0.1) is 0 Å². The highest BCUT2D eigenvalue weighted by Gasteiger charge is 2.54. The third-order valence-electron chi connectivity index (χ3n) is 4.26. The van der Waals surface area contributed by atoms with Crippen molar-refractivity contribution in [3.63, 3.8) is 0 Å². The van der Waals surface area contributed by atoms with Gasteiger partial charge in [0.25, 0.3) is 0 Å². The zero-order chi connectivity index (χ0) is 14.7. The minimum atomic E-state index is -0.295. The van der Waals surface area contributed by atoms with Crippen LogP contribution in [0.15, 0.2) is 72.8 Å². The molecule has 3 rings (SSSR count). The molecule has 0 aliphatic heterocycles. The lowest BCUT2D eigenvalue weighted by Crippen LogP contribution is -2.11. The Labute approximate surface area is 125 Å². The third-order valence-corrected chi connectivity index (χ3v) is 4.26. The lowest BCUT2D eigenvalue weighted by atomic mass is 9.85. The van der Waals surface area contributed by atoms with Crippen LogP contribution in [0.2, 0.25) is 0 Å². The number of esters is 1. The summed E-state index contributed by atoms with van der Waals surface area (Å²) in [6.07, 6.45) is 4.54. The maximum absolute atomic E-state index is 11.3. The van der Waals surface area contributed by atoms with E-state index in [0.29, 0.717) is 5.92 Å². The van der Waals surface area contributed by atoms with Crippen LogP contribution in [-0.2, 0) is 14.9 Å². The molecule has 1 aliphatic carbocycles. The quantitative estimate of drug-likeness (QED) is 0.629. The van der Waals surface area contributed by atoms with Gasteiger partial charge in [0.05, 0.1) is 7.11 Å². The molecule has 0 aromatic heterocycles. The van der Waals surface area contributed by atoms with Crippen molar-refractivity contribution in [3.05, 3.63) is 83.9 Å². The number of allylic oxidation sites excluding steroid dienone is 1. The lowest BCUT2D eigenvalue weighted by molar-refractivity contribution is -0.134. The van der Waals surface area contributed by atoms with Crippen molar-refractivity contribution < 1.29 is 9.53 Å². The highest BCUT2D eigenvalue weighted by atomic mass is 16.5. The number of methoxy groups -OCH3 is 1. The van der Waals surface area contributed by atoms with Crippen molar-refractivity contribution in [2.45, 2.75) is 11.8 Å². The van der Waals surface area contributed by atoms with Crippen LogP contribution in [0.3, 0.4) is 0 Å². The molecular formula is C19H18O2. The van der Waals surface area contributed by atoms with Crippen molar-refractivity contribution in [3.8, 4) is 0 Å². The van der Waals surface area contributed by atoms with E-state index in [1.165, 1.54) is 24.3 Å². The van der Waals surface area contributed by atoms with Crippen LogP contribution < -0.4 is 0 Å². The van der Waals surface area contributed by atoms with Crippen LogP contribution in [0.1, 0.15) is 17.5 Å². The molecule has 0 amide bonds. The normalized spacial score (nSPS) is 19.4. The molecule has 1 unspecified atom stereocenters. The largest absolute Gasteiger partial charge is 0.466 e. The SMILES string of the molecule is COC(=O)/C=C/C1CC1(c1ccccc1)c1ccccc1. The minimum Gasteiger partial charge on any atom is -0.466 e.